The Morgan fingerprint density at radius 2 is 2.24 bits per heavy atom. The van der Waals surface area contributed by atoms with E-state index in [4.69, 9.17) is 16.3 Å². The monoisotopic (exact) mass is 395 g/mol. The first-order chi connectivity index (χ1) is 9.77. The van der Waals surface area contributed by atoms with Crippen molar-refractivity contribution in [3.63, 3.8) is 0 Å². The highest BCUT2D eigenvalue weighted by atomic mass is 79.9. The molecule has 1 saturated heterocycles. The molecule has 1 amide bonds. The first kappa shape index (κ1) is 16.6. The highest BCUT2D eigenvalue weighted by Gasteiger charge is 2.30. The second-order valence-corrected chi connectivity index (χ2v) is 8.46. The van der Waals surface area contributed by atoms with Crippen LogP contribution in [0, 0.1) is 0 Å². The fraction of sp³-hybridized carbons (Fsp3) is 0.462. The molecule has 0 spiro atoms. The average molecular weight is 397 g/mol. The van der Waals surface area contributed by atoms with Gasteiger partial charge in [-0.15, -0.1) is 0 Å². The van der Waals surface area contributed by atoms with E-state index >= 15 is 0 Å². The van der Waals surface area contributed by atoms with Crippen LogP contribution in [0.1, 0.15) is 13.3 Å². The molecule has 21 heavy (non-hydrogen) atoms. The summed E-state index contributed by atoms with van der Waals surface area (Å²) in [6, 6.07) is 4.67. The van der Waals surface area contributed by atoms with Gasteiger partial charge in [0.2, 0.25) is 0 Å². The number of amides is 1. The van der Waals surface area contributed by atoms with Gasteiger partial charge in [0.15, 0.2) is 15.9 Å². The maximum Gasteiger partial charge on any atom is 0.261 e. The predicted octanol–water partition coefficient (Wildman–Crippen LogP) is 2.17. The number of hydrogen-bond donors (Lipinski definition) is 1. The maximum atomic E-state index is 12.0. The van der Waals surface area contributed by atoms with E-state index in [2.05, 4.69) is 21.2 Å². The van der Waals surface area contributed by atoms with E-state index in [1.165, 1.54) is 0 Å². The highest BCUT2D eigenvalue weighted by molar-refractivity contribution is 9.10. The number of sulfone groups is 1. The molecule has 1 heterocycles. The van der Waals surface area contributed by atoms with Gasteiger partial charge in [-0.2, -0.15) is 0 Å². The van der Waals surface area contributed by atoms with Gasteiger partial charge in [0, 0.05) is 11.1 Å². The number of nitrogens with one attached hydrogen (secondary N) is 1. The number of rotatable bonds is 4. The highest BCUT2D eigenvalue weighted by Crippen LogP contribution is 2.28. The lowest BCUT2D eigenvalue weighted by Crippen LogP contribution is -2.43. The Balaban J connectivity index is 1.94. The summed E-state index contributed by atoms with van der Waals surface area (Å²) >= 11 is 9.14. The smallest absolute Gasteiger partial charge is 0.261 e. The lowest BCUT2D eigenvalue weighted by molar-refractivity contribution is -0.127. The minimum atomic E-state index is -3.01. The molecule has 0 saturated carbocycles. The summed E-state index contributed by atoms with van der Waals surface area (Å²) in [6.45, 7) is 1.61. The van der Waals surface area contributed by atoms with Crippen LogP contribution in [0.25, 0.3) is 0 Å². The van der Waals surface area contributed by atoms with Crippen LogP contribution in [0.5, 0.6) is 5.75 Å². The molecule has 2 rings (SSSR count). The van der Waals surface area contributed by atoms with Crippen molar-refractivity contribution in [2.75, 3.05) is 11.5 Å². The molecule has 0 radical (unpaired) electrons. The third-order valence-corrected chi connectivity index (χ3v) is 5.77. The lowest BCUT2D eigenvalue weighted by Gasteiger charge is -2.18. The van der Waals surface area contributed by atoms with E-state index in [9.17, 15) is 13.2 Å². The minimum Gasteiger partial charge on any atom is -0.480 e. The van der Waals surface area contributed by atoms with Crippen molar-refractivity contribution >= 4 is 43.3 Å². The van der Waals surface area contributed by atoms with Crippen molar-refractivity contribution in [2.45, 2.75) is 25.5 Å². The SMILES string of the molecule is CC(Oc1ccc(Cl)cc1Br)C(=O)NC1CCS(=O)(=O)C1. The minimum absolute atomic E-state index is 0.00387. The predicted molar refractivity (Wildman–Crippen MR) is 84.4 cm³/mol. The Labute approximate surface area is 137 Å². The van der Waals surface area contributed by atoms with Crippen molar-refractivity contribution in [3.05, 3.63) is 27.7 Å². The zero-order chi connectivity index (χ0) is 15.6. The molecule has 1 aromatic rings. The second kappa shape index (κ2) is 6.54. The van der Waals surface area contributed by atoms with Crippen LogP contribution >= 0.6 is 27.5 Å². The second-order valence-electron chi connectivity index (χ2n) is 4.94. The zero-order valence-corrected chi connectivity index (χ0v) is 14.5. The molecule has 1 N–H and O–H groups in total. The molecule has 0 bridgehead atoms. The Morgan fingerprint density at radius 1 is 1.52 bits per heavy atom. The number of benzene rings is 1. The fourth-order valence-corrected chi connectivity index (χ4v) is 4.49. The molecule has 8 heteroatoms. The van der Waals surface area contributed by atoms with Crippen molar-refractivity contribution in [1.29, 1.82) is 0 Å². The summed E-state index contributed by atoms with van der Waals surface area (Å²) in [6.07, 6.45) is -0.281. The molecule has 1 aromatic carbocycles. The summed E-state index contributed by atoms with van der Waals surface area (Å²) in [7, 11) is -3.01. The van der Waals surface area contributed by atoms with Gasteiger partial charge in [0.05, 0.1) is 16.0 Å². The van der Waals surface area contributed by atoms with Gasteiger partial charge >= 0.3 is 0 Å². The molecule has 0 aliphatic carbocycles. The molecular weight excluding hydrogens is 382 g/mol. The third kappa shape index (κ3) is 4.59. The van der Waals surface area contributed by atoms with Crippen molar-refractivity contribution < 1.29 is 17.9 Å². The number of hydrogen-bond acceptors (Lipinski definition) is 4. The van der Waals surface area contributed by atoms with E-state index in [0.29, 0.717) is 21.7 Å². The van der Waals surface area contributed by atoms with E-state index < -0.39 is 15.9 Å². The molecule has 0 aromatic heterocycles. The Bertz CT molecular complexity index is 650. The summed E-state index contributed by atoms with van der Waals surface area (Å²) in [5.74, 6) is 0.284. The average Bonchev–Trinajstić information content (AvgIpc) is 2.72. The van der Waals surface area contributed by atoms with Gasteiger partial charge in [-0.3, -0.25) is 4.79 Å². The maximum absolute atomic E-state index is 12.0. The Morgan fingerprint density at radius 3 is 2.81 bits per heavy atom. The van der Waals surface area contributed by atoms with Gasteiger partial charge in [-0.25, -0.2) is 8.42 Å². The van der Waals surface area contributed by atoms with E-state index in [1.807, 2.05) is 0 Å². The number of carbonyl (C=O) groups is 1. The molecule has 1 aliphatic heterocycles. The molecular formula is C13H15BrClNO4S. The summed E-state index contributed by atoms with van der Waals surface area (Å²) < 4.78 is 28.9. The van der Waals surface area contributed by atoms with Gasteiger partial charge in [0.25, 0.3) is 5.91 Å². The molecule has 1 aliphatic rings. The van der Waals surface area contributed by atoms with E-state index in [-0.39, 0.29) is 23.5 Å². The van der Waals surface area contributed by atoms with Gasteiger partial charge < -0.3 is 10.1 Å². The molecule has 116 valence electrons. The summed E-state index contributed by atoms with van der Waals surface area (Å²) in [4.78, 5) is 12.0. The van der Waals surface area contributed by atoms with Crippen LogP contribution in [0.2, 0.25) is 5.02 Å². The quantitative estimate of drug-likeness (QED) is 0.846. The van der Waals surface area contributed by atoms with Crippen LogP contribution < -0.4 is 10.1 Å². The van der Waals surface area contributed by atoms with Crippen LogP contribution in [-0.2, 0) is 14.6 Å². The Kier molecular flexibility index (Phi) is 5.16. The number of carbonyl (C=O) groups excluding carboxylic acids is 1. The first-order valence-corrected chi connectivity index (χ1v) is 9.38. The topological polar surface area (TPSA) is 72.5 Å². The molecule has 5 nitrogen and oxygen atoms in total. The van der Waals surface area contributed by atoms with Gasteiger partial charge in [-0.1, -0.05) is 11.6 Å². The van der Waals surface area contributed by atoms with Gasteiger partial charge in [-0.05, 0) is 47.5 Å². The normalized spacial score (nSPS) is 21.8. The Hall–Kier alpha value is -0.790. The fourth-order valence-electron chi connectivity index (χ4n) is 2.04. The molecule has 2 unspecified atom stereocenters. The van der Waals surface area contributed by atoms with E-state index in [1.54, 1.807) is 25.1 Å². The largest absolute Gasteiger partial charge is 0.480 e. The van der Waals surface area contributed by atoms with Crippen molar-refractivity contribution in [3.8, 4) is 5.75 Å². The standard InChI is InChI=1S/C13H15BrClNO4S/c1-8(20-12-3-2-9(15)6-11(12)14)13(17)16-10-4-5-21(18,19)7-10/h2-3,6,8,10H,4-5,7H2,1H3,(H,16,17). The van der Waals surface area contributed by atoms with Crippen LogP contribution in [0.15, 0.2) is 22.7 Å². The number of halogens is 2. The first-order valence-electron chi connectivity index (χ1n) is 6.39. The summed E-state index contributed by atoms with van der Waals surface area (Å²) in [5, 5.41) is 3.26. The summed E-state index contributed by atoms with van der Waals surface area (Å²) in [5.41, 5.74) is 0. The zero-order valence-electron chi connectivity index (χ0n) is 11.3. The lowest BCUT2D eigenvalue weighted by atomic mass is 10.2. The molecule has 2 atom stereocenters. The van der Waals surface area contributed by atoms with Gasteiger partial charge in [0.1, 0.15) is 5.75 Å². The number of ether oxygens (including phenoxy) is 1. The van der Waals surface area contributed by atoms with Crippen LogP contribution in [0.3, 0.4) is 0 Å². The van der Waals surface area contributed by atoms with E-state index in [0.717, 1.165) is 0 Å². The van der Waals surface area contributed by atoms with Crippen LogP contribution in [-0.4, -0.2) is 38.0 Å². The van der Waals surface area contributed by atoms with Crippen molar-refractivity contribution in [2.24, 2.45) is 0 Å². The third-order valence-electron chi connectivity index (χ3n) is 3.15. The molecule has 1 fully saturated rings. The van der Waals surface area contributed by atoms with Crippen LogP contribution in [0.4, 0.5) is 0 Å². The van der Waals surface area contributed by atoms with Crippen molar-refractivity contribution in [1.82, 2.24) is 5.32 Å².